The molecule has 1 saturated heterocycles. The molecule has 1 aliphatic rings. The van der Waals surface area contributed by atoms with Crippen molar-refractivity contribution in [3.05, 3.63) is 35.4 Å². The van der Waals surface area contributed by atoms with E-state index < -0.39 is 23.3 Å². The molecule has 2 amide bonds. The lowest BCUT2D eigenvalue weighted by Gasteiger charge is -2.44. The molecular weight excluding hydrogens is 366 g/mol. The molecule has 0 aromatic heterocycles. The van der Waals surface area contributed by atoms with E-state index in [2.05, 4.69) is 5.32 Å². The topological polar surface area (TPSA) is 58.6 Å². The number of benzene rings is 1. The van der Waals surface area contributed by atoms with E-state index in [9.17, 15) is 18.4 Å². The van der Waals surface area contributed by atoms with Gasteiger partial charge in [0.2, 0.25) is 5.91 Å². The van der Waals surface area contributed by atoms with Gasteiger partial charge in [-0.2, -0.15) is 0 Å². The van der Waals surface area contributed by atoms with Crippen LogP contribution in [0.1, 0.15) is 53.0 Å². The molecule has 2 rings (SSSR count). The van der Waals surface area contributed by atoms with Crippen molar-refractivity contribution in [3.63, 3.8) is 0 Å². The average Bonchev–Trinajstić information content (AvgIpc) is 2.55. The number of carbonyl (C=O) groups is 2. The number of rotatable bonds is 4. The Hall–Kier alpha value is -2.18. The Bertz CT molecular complexity index is 729. The molecule has 1 fully saturated rings. The summed E-state index contributed by atoms with van der Waals surface area (Å²) in [4.78, 5) is 26.4. The van der Waals surface area contributed by atoms with Gasteiger partial charge in [-0.05, 0) is 57.4 Å². The lowest BCUT2D eigenvalue weighted by atomic mass is 9.79. The summed E-state index contributed by atoms with van der Waals surface area (Å²) < 4.78 is 32.3. The second-order valence-corrected chi connectivity index (χ2v) is 9.03. The SMILES string of the molecule is CC(C)(C)OC(=O)N[C@H]1CCN(C(=O)CCc2cc(F)ccc2F)CC1(C)C. The van der Waals surface area contributed by atoms with Crippen molar-refractivity contribution in [2.45, 2.75) is 65.5 Å². The highest BCUT2D eigenvalue weighted by molar-refractivity contribution is 5.76. The Morgan fingerprint density at radius 2 is 1.96 bits per heavy atom. The van der Waals surface area contributed by atoms with Crippen LogP contribution < -0.4 is 5.32 Å². The molecule has 0 radical (unpaired) electrons. The van der Waals surface area contributed by atoms with Crippen molar-refractivity contribution in [2.75, 3.05) is 13.1 Å². The molecule has 0 bridgehead atoms. The van der Waals surface area contributed by atoms with Gasteiger partial charge in [-0.3, -0.25) is 4.79 Å². The smallest absolute Gasteiger partial charge is 0.407 e. The predicted octanol–water partition coefficient (Wildman–Crippen LogP) is 4.05. The highest BCUT2D eigenvalue weighted by atomic mass is 19.1. The van der Waals surface area contributed by atoms with Gasteiger partial charge >= 0.3 is 6.09 Å². The lowest BCUT2D eigenvalue weighted by Crippen LogP contribution is -2.57. The molecule has 7 heteroatoms. The molecule has 28 heavy (non-hydrogen) atoms. The summed E-state index contributed by atoms with van der Waals surface area (Å²) in [5.74, 6) is -1.12. The molecule has 1 atom stereocenters. The number of alkyl carbamates (subject to hydrolysis) is 1. The number of hydrogen-bond donors (Lipinski definition) is 1. The van der Waals surface area contributed by atoms with E-state index in [0.29, 0.717) is 19.5 Å². The van der Waals surface area contributed by atoms with Crippen LogP contribution >= 0.6 is 0 Å². The first-order chi connectivity index (χ1) is 12.9. The van der Waals surface area contributed by atoms with E-state index >= 15 is 0 Å². The summed E-state index contributed by atoms with van der Waals surface area (Å²) in [5.41, 5.74) is -0.708. The number of hydrogen-bond acceptors (Lipinski definition) is 3. The Kier molecular flexibility index (Phi) is 6.67. The third kappa shape index (κ3) is 6.17. The Balaban J connectivity index is 1.91. The van der Waals surface area contributed by atoms with Crippen LogP contribution in [-0.2, 0) is 16.0 Å². The number of carbonyl (C=O) groups excluding carboxylic acids is 2. The molecule has 5 nitrogen and oxygen atoms in total. The maximum Gasteiger partial charge on any atom is 0.407 e. The number of amides is 2. The lowest BCUT2D eigenvalue weighted by molar-refractivity contribution is -0.134. The first-order valence-corrected chi connectivity index (χ1v) is 9.58. The van der Waals surface area contributed by atoms with E-state index in [-0.39, 0.29) is 35.8 Å². The van der Waals surface area contributed by atoms with E-state index in [1.807, 2.05) is 13.8 Å². The summed E-state index contributed by atoms with van der Waals surface area (Å²) >= 11 is 0. The highest BCUT2D eigenvalue weighted by Crippen LogP contribution is 2.30. The van der Waals surface area contributed by atoms with Gasteiger partial charge in [0.05, 0.1) is 0 Å². The largest absolute Gasteiger partial charge is 0.444 e. The fourth-order valence-corrected chi connectivity index (χ4v) is 3.42. The average molecular weight is 396 g/mol. The van der Waals surface area contributed by atoms with Crippen LogP contribution in [0.15, 0.2) is 18.2 Å². The molecule has 0 unspecified atom stereocenters. The van der Waals surface area contributed by atoms with Gasteiger partial charge in [0, 0.05) is 31.0 Å². The fraction of sp³-hybridized carbons (Fsp3) is 0.619. The number of nitrogens with zero attached hydrogens (tertiary/aromatic N) is 1. The van der Waals surface area contributed by atoms with Crippen LogP contribution in [0.2, 0.25) is 0 Å². The normalized spacial score (nSPS) is 19.2. The van der Waals surface area contributed by atoms with Gasteiger partial charge in [0.15, 0.2) is 0 Å². The Morgan fingerprint density at radius 3 is 2.57 bits per heavy atom. The maximum absolute atomic E-state index is 13.7. The number of halogens is 2. The summed E-state index contributed by atoms with van der Waals surface area (Å²) in [6, 6.07) is 3.15. The van der Waals surface area contributed by atoms with Gasteiger partial charge in [-0.15, -0.1) is 0 Å². The van der Waals surface area contributed by atoms with Gasteiger partial charge in [-0.25, -0.2) is 13.6 Å². The number of ether oxygens (including phenoxy) is 1. The third-order valence-electron chi connectivity index (χ3n) is 4.89. The zero-order chi connectivity index (χ0) is 21.1. The van der Waals surface area contributed by atoms with Gasteiger partial charge in [-0.1, -0.05) is 13.8 Å². The van der Waals surface area contributed by atoms with E-state index in [1.165, 1.54) is 0 Å². The molecule has 1 aliphatic heterocycles. The minimum atomic E-state index is -0.572. The second kappa shape index (κ2) is 8.45. The summed E-state index contributed by atoms with van der Waals surface area (Å²) in [5, 5.41) is 2.91. The number of piperidine rings is 1. The highest BCUT2D eigenvalue weighted by Gasteiger charge is 2.38. The van der Waals surface area contributed by atoms with Crippen molar-refractivity contribution < 1.29 is 23.1 Å². The van der Waals surface area contributed by atoms with Crippen molar-refractivity contribution in [3.8, 4) is 0 Å². The third-order valence-corrected chi connectivity index (χ3v) is 4.89. The molecule has 1 aromatic rings. The van der Waals surface area contributed by atoms with Crippen molar-refractivity contribution >= 4 is 12.0 Å². The molecule has 156 valence electrons. The molecule has 0 spiro atoms. The minimum Gasteiger partial charge on any atom is -0.444 e. The molecule has 1 heterocycles. The maximum atomic E-state index is 13.7. The fourth-order valence-electron chi connectivity index (χ4n) is 3.42. The summed E-state index contributed by atoms with van der Waals surface area (Å²) in [6.07, 6.45) is 0.401. The van der Waals surface area contributed by atoms with E-state index in [0.717, 1.165) is 18.2 Å². The van der Waals surface area contributed by atoms with E-state index in [1.54, 1.807) is 25.7 Å². The Morgan fingerprint density at radius 1 is 1.29 bits per heavy atom. The molecule has 0 aliphatic carbocycles. The summed E-state index contributed by atoms with van der Waals surface area (Å²) in [7, 11) is 0. The van der Waals surface area contributed by atoms with Crippen LogP contribution in [0.5, 0.6) is 0 Å². The number of aryl methyl sites for hydroxylation is 1. The predicted molar refractivity (Wildman–Crippen MR) is 103 cm³/mol. The molecular formula is C21H30F2N2O3. The standard InChI is InChI=1S/C21H30F2N2O3/c1-20(2,3)28-19(27)24-17-10-11-25(13-21(17,4)5)18(26)9-6-14-12-15(22)7-8-16(14)23/h7-8,12,17H,6,9-11,13H2,1-5H3,(H,24,27)/t17-/m0/s1. The van der Waals surface area contributed by atoms with Crippen molar-refractivity contribution in [1.82, 2.24) is 10.2 Å². The molecule has 1 N–H and O–H groups in total. The van der Waals surface area contributed by atoms with Crippen LogP contribution in [0.3, 0.4) is 0 Å². The van der Waals surface area contributed by atoms with Gasteiger partial charge in [0.25, 0.3) is 0 Å². The van der Waals surface area contributed by atoms with Crippen LogP contribution in [-0.4, -0.2) is 41.6 Å². The number of nitrogens with one attached hydrogen (secondary N) is 1. The van der Waals surface area contributed by atoms with Crippen LogP contribution in [0.25, 0.3) is 0 Å². The summed E-state index contributed by atoms with van der Waals surface area (Å²) in [6.45, 7) is 10.4. The first kappa shape index (κ1) is 22.1. The van der Waals surface area contributed by atoms with Crippen LogP contribution in [0.4, 0.5) is 13.6 Å². The minimum absolute atomic E-state index is 0.104. The number of likely N-dealkylation sites (tertiary alicyclic amines) is 1. The van der Waals surface area contributed by atoms with Crippen molar-refractivity contribution in [1.29, 1.82) is 0 Å². The van der Waals surface area contributed by atoms with Crippen LogP contribution in [0, 0.1) is 17.0 Å². The van der Waals surface area contributed by atoms with Crippen molar-refractivity contribution in [2.24, 2.45) is 5.41 Å². The molecule has 1 aromatic carbocycles. The quantitative estimate of drug-likeness (QED) is 0.835. The zero-order valence-electron chi connectivity index (χ0n) is 17.3. The van der Waals surface area contributed by atoms with E-state index in [4.69, 9.17) is 4.74 Å². The Labute approximate surface area is 165 Å². The monoisotopic (exact) mass is 396 g/mol. The second-order valence-electron chi connectivity index (χ2n) is 9.03. The van der Waals surface area contributed by atoms with Gasteiger partial charge < -0.3 is 15.0 Å². The molecule has 0 saturated carbocycles. The van der Waals surface area contributed by atoms with Gasteiger partial charge in [0.1, 0.15) is 17.2 Å². The zero-order valence-corrected chi connectivity index (χ0v) is 17.3. The first-order valence-electron chi connectivity index (χ1n) is 9.58.